The Hall–Kier alpha value is -3.19. The lowest BCUT2D eigenvalue weighted by atomic mass is 10.1. The molecule has 0 aromatic heterocycles. The largest absolute Gasteiger partial charge is 0.326 e. The van der Waals surface area contributed by atoms with Crippen LogP contribution in [0.15, 0.2) is 42.5 Å². The van der Waals surface area contributed by atoms with Crippen molar-refractivity contribution >= 4 is 29.1 Å². The number of nitrogens with two attached hydrogens (primary N) is 1. The summed E-state index contributed by atoms with van der Waals surface area (Å²) >= 11 is 0. The van der Waals surface area contributed by atoms with E-state index >= 15 is 0 Å². The average molecular weight is 352 g/mol. The fourth-order valence-corrected chi connectivity index (χ4v) is 2.50. The van der Waals surface area contributed by atoms with Crippen molar-refractivity contribution < 1.29 is 14.4 Å². The Bertz CT molecular complexity index is 875. The van der Waals surface area contributed by atoms with Crippen LogP contribution in [0.25, 0.3) is 0 Å². The monoisotopic (exact) mass is 352 g/mol. The van der Waals surface area contributed by atoms with E-state index in [1.54, 1.807) is 36.4 Å². The molecular formula is C19H20N4O3. The van der Waals surface area contributed by atoms with Crippen molar-refractivity contribution in [2.75, 3.05) is 10.6 Å². The van der Waals surface area contributed by atoms with Gasteiger partial charge in [0.1, 0.15) is 0 Å². The molecule has 0 saturated heterocycles. The number of hydrazine groups is 1. The molecule has 0 unspecified atom stereocenters. The fourth-order valence-electron chi connectivity index (χ4n) is 2.50. The van der Waals surface area contributed by atoms with Crippen molar-refractivity contribution in [3.05, 3.63) is 59.2 Å². The number of nitrogen functional groups attached to an aromatic ring is 1. The molecule has 2 aromatic carbocycles. The lowest BCUT2D eigenvalue weighted by Crippen LogP contribution is -2.30. The van der Waals surface area contributed by atoms with E-state index in [1.165, 1.54) is 6.07 Å². The molecule has 7 heteroatoms. The molecule has 0 bridgehead atoms. The summed E-state index contributed by atoms with van der Waals surface area (Å²) in [5.74, 6) is 4.42. The predicted octanol–water partition coefficient (Wildman–Crippen LogP) is 2.20. The Morgan fingerprint density at radius 3 is 2.38 bits per heavy atom. The molecule has 3 rings (SSSR count). The molecule has 0 aliphatic heterocycles. The fraction of sp³-hybridized carbons (Fsp3) is 0.211. The van der Waals surface area contributed by atoms with E-state index in [4.69, 9.17) is 5.84 Å². The van der Waals surface area contributed by atoms with Gasteiger partial charge in [0, 0.05) is 28.4 Å². The van der Waals surface area contributed by atoms with Crippen molar-refractivity contribution in [1.82, 2.24) is 5.43 Å². The van der Waals surface area contributed by atoms with Crippen molar-refractivity contribution in [2.24, 2.45) is 11.8 Å². The van der Waals surface area contributed by atoms with Gasteiger partial charge in [0.25, 0.3) is 11.8 Å². The van der Waals surface area contributed by atoms with Gasteiger partial charge in [-0.2, -0.15) is 0 Å². The van der Waals surface area contributed by atoms with Crippen LogP contribution in [0.5, 0.6) is 0 Å². The molecule has 0 radical (unpaired) electrons. The molecule has 1 fully saturated rings. The van der Waals surface area contributed by atoms with Gasteiger partial charge in [-0.1, -0.05) is 12.1 Å². The van der Waals surface area contributed by atoms with Crippen LogP contribution in [0.1, 0.15) is 39.1 Å². The molecule has 5 N–H and O–H groups in total. The minimum Gasteiger partial charge on any atom is -0.326 e. The van der Waals surface area contributed by atoms with Gasteiger partial charge < -0.3 is 10.6 Å². The average Bonchev–Trinajstić information content (AvgIpc) is 3.48. The van der Waals surface area contributed by atoms with E-state index < -0.39 is 5.91 Å². The highest BCUT2D eigenvalue weighted by atomic mass is 16.2. The zero-order valence-corrected chi connectivity index (χ0v) is 14.3. The van der Waals surface area contributed by atoms with Crippen LogP contribution in [0, 0.1) is 12.8 Å². The van der Waals surface area contributed by atoms with Crippen molar-refractivity contribution in [1.29, 1.82) is 0 Å². The summed E-state index contributed by atoms with van der Waals surface area (Å²) in [5.41, 5.74) is 4.79. The van der Waals surface area contributed by atoms with Crippen molar-refractivity contribution in [2.45, 2.75) is 19.8 Å². The first-order valence-electron chi connectivity index (χ1n) is 8.32. The number of amides is 3. The van der Waals surface area contributed by atoms with E-state index in [1.807, 2.05) is 12.3 Å². The number of hydrogen-bond acceptors (Lipinski definition) is 4. The van der Waals surface area contributed by atoms with Crippen molar-refractivity contribution in [3.8, 4) is 0 Å². The minimum atomic E-state index is -0.443. The number of nitrogens with one attached hydrogen (secondary N) is 3. The van der Waals surface area contributed by atoms with Gasteiger partial charge >= 0.3 is 0 Å². The first-order valence-corrected chi connectivity index (χ1v) is 8.32. The molecule has 26 heavy (non-hydrogen) atoms. The van der Waals surface area contributed by atoms with Gasteiger partial charge in [0.05, 0.1) is 0 Å². The smallest absolute Gasteiger partial charge is 0.265 e. The summed E-state index contributed by atoms with van der Waals surface area (Å²) in [5, 5.41) is 5.62. The third-order valence-corrected chi connectivity index (χ3v) is 4.22. The highest BCUT2D eigenvalue weighted by molar-refractivity contribution is 6.06. The molecule has 0 heterocycles. The molecular weight excluding hydrogens is 332 g/mol. The maximum absolute atomic E-state index is 12.5. The second-order valence-electron chi connectivity index (χ2n) is 6.30. The van der Waals surface area contributed by atoms with Gasteiger partial charge in [0.15, 0.2) is 0 Å². The molecule has 1 aliphatic carbocycles. The lowest BCUT2D eigenvalue weighted by Gasteiger charge is -2.11. The van der Waals surface area contributed by atoms with Gasteiger partial charge in [-0.15, -0.1) is 0 Å². The number of anilines is 2. The second-order valence-corrected chi connectivity index (χ2v) is 6.30. The third kappa shape index (κ3) is 4.07. The Morgan fingerprint density at radius 2 is 1.69 bits per heavy atom. The summed E-state index contributed by atoms with van der Waals surface area (Å²) in [6.45, 7) is 1.87. The minimum absolute atomic E-state index is 0.00819. The molecule has 7 nitrogen and oxygen atoms in total. The standard InChI is InChI=1S/C19H20N4O3/c1-11-5-6-14(10-16(11)22-17(24)12-7-8-12)18(25)21-15-4-2-3-13(9-15)19(26)23-20/h2-6,9-10,12H,7-8,20H2,1H3,(H,21,25)(H,22,24)(H,23,26). The maximum atomic E-state index is 12.5. The normalized spacial score (nSPS) is 13.0. The first kappa shape index (κ1) is 17.6. The topological polar surface area (TPSA) is 113 Å². The number of benzene rings is 2. The quantitative estimate of drug-likeness (QED) is 0.375. The molecule has 1 aliphatic rings. The number of hydrogen-bond donors (Lipinski definition) is 4. The van der Waals surface area contributed by atoms with Crippen molar-refractivity contribution in [3.63, 3.8) is 0 Å². The van der Waals surface area contributed by atoms with Crippen LogP contribution in [-0.2, 0) is 4.79 Å². The number of rotatable bonds is 5. The highest BCUT2D eigenvalue weighted by Gasteiger charge is 2.29. The number of carbonyl (C=O) groups excluding carboxylic acids is 3. The molecule has 0 atom stereocenters. The van der Waals surface area contributed by atoms with E-state index in [-0.39, 0.29) is 17.7 Å². The summed E-state index contributed by atoms with van der Waals surface area (Å²) in [7, 11) is 0. The van der Waals surface area contributed by atoms with E-state index in [0.717, 1.165) is 18.4 Å². The van der Waals surface area contributed by atoms with Gasteiger partial charge in [-0.25, -0.2) is 5.84 Å². The van der Waals surface area contributed by atoms with Crippen LogP contribution < -0.4 is 21.9 Å². The van der Waals surface area contributed by atoms with Crippen LogP contribution in [0.2, 0.25) is 0 Å². The predicted molar refractivity (Wildman–Crippen MR) is 98.6 cm³/mol. The van der Waals surface area contributed by atoms with Crippen LogP contribution >= 0.6 is 0 Å². The van der Waals surface area contributed by atoms with E-state index in [2.05, 4.69) is 10.6 Å². The molecule has 2 aromatic rings. The molecule has 1 saturated carbocycles. The summed E-state index contributed by atoms with van der Waals surface area (Å²) in [6, 6.07) is 11.6. The van der Waals surface area contributed by atoms with Crippen LogP contribution in [0.3, 0.4) is 0 Å². The zero-order chi connectivity index (χ0) is 18.7. The molecule has 134 valence electrons. The summed E-state index contributed by atoms with van der Waals surface area (Å²) in [6.07, 6.45) is 1.83. The Labute approximate surface area is 150 Å². The maximum Gasteiger partial charge on any atom is 0.265 e. The Balaban J connectivity index is 1.75. The lowest BCUT2D eigenvalue weighted by molar-refractivity contribution is -0.117. The van der Waals surface area contributed by atoms with Crippen LogP contribution in [0.4, 0.5) is 11.4 Å². The summed E-state index contributed by atoms with van der Waals surface area (Å²) in [4.78, 5) is 36.1. The first-order chi connectivity index (χ1) is 12.5. The highest BCUT2D eigenvalue weighted by Crippen LogP contribution is 2.31. The SMILES string of the molecule is Cc1ccc(C(=O)Nc2cccc(C(=O)NN)c2)cc1NC(=O)C1CC1. The second kappa shape index (κ2) is 7.37. The number of aryl methyl sites for hydroxylation is 1. The molecule has 0 spiro atoms. The Morgan fingerprint density at radius 1 is 0.962 bits per heavy atom. The van der Waals surface area contributed by atoms with Crippen LogP contribution in [-0.4, -0.2) is 17.7 Å². The van der Waals surface area contributed by atoms with Gasteiger partial charge in [0.2, 0.25) is 5.91 Å². The Kier molecular flexibility index (Phi) is 4.99. The summed E-state index contributed by atoms with van der Waals surface area (Å²) < 4.78 is 0. The molecule has 3 amide bonds. The third-order valence-electron chi connectivity index (χ3n) is 4.22. The van der Waals surface area contributed by atoms with Gasteiger partial charge in [-0.05, 0) is 55.7 Å². The van der Waals surface area contributed by atoms with E-state index in [9.17, 15) is 14.4 Å². The van der Waals surface area contributed by atoms with E-state index in [0.29, 0.717) is 22.5 Å². The zero-order valence-electron chi connectivity index (χ0n) is 14.3. The van der Waals surface area contributed by atoms with Gasteiger partial charge in [-0.3, -0.25) is 19.8 Å². The number of carbonyl (C=O) groups is 3.